The minimum Gasteiger partial charge on any atom is -0.383 e. The van der Waals surface area contributed by atoms with Crippen molar-refractivity contribution in [3.63, 3.8) is 0 Å². The molecule has 0 atom stereocenters. The van der Waals surface area contributed by atoms with Gasteiger partial charge in [0.1, 0.15) is 5.82 Å². The molecule has 0 aromatic carbocycles. The molecule has 4 heteroatoms. The fraction of sp³-hybridized carbons (Fsp3) is 0.500. The number of rotatable bonds is 2. The molecule has 1 aliphatic rings. The van der Waals surface area contributed by atoms with E-state index in [9.17, 15) is 0 Å². The van der Waals surface area contributed by atoms with Crippen molar-refractivity contribution in [3.8, 4) is 10.4 Å². The van der Waals surface area contributed by atoms with E-state index in [1.54, 1.807) is 11.3 Å². The quantitative estimate of drug-likeness (QED) is 0.898. The summed E-state index contributed by atoms with van der Waals surface area (Å²) in [7, 11) is 1.94. The highest BCUT2D eigenvalue weighted by Gasteiger charge is 2.36. The Labute approximate surface area is 112 Å². The molecule has 0 spiro atoms. The highest BCUT2D eigenvalue weighted by molar-refractivity contribution is 7.13. The van der Waals surface area contributed by atoms with Crippen LogP contribution in [0.5, 0.6) is 0 Å². The Kier molecular flexibility index (Phi) is 2.70. The second-order valence-electron chi connectivity index (χ2n) is 5.48. The second-order valence-corrected chi connectivity index (χ2v) is 6.43. The van der Waals surface area contributed by atoms with Crippen molar-refractivity contribution in [2.45, 2.75) is 38.0 Å². The van der Waals surface area contributed by atoms with Crippen molar-refractivity contribution in [2.75, 3.05) is 5.73 Å². The third-order valence-electron chi connectivity index (χ3n) is 4.14. The van der Waals surface area contributed by atoms with Gasteiger partial charge in [0, 0.05) is 17.3 Å². The van der Waals surface area contributed by atoms with Crippen molar-refractivity contribution in [2.24, 2.45) is 7.05 Å². The molecule has 1 aliphatic carbocycles. The minimum absolute atomic E-state index is 0.203. The number of anilines is 1. The lowest BCUT2D eigenvalue weighted by atomic mass is 9.83. The summed E-state index contributed by atoms with van der Waals surface area (Å²) in [6.07, 6.45) is 5.05. The van der Waals surface area contributed by atoms with Gasteiger partial charge in [0.15, 0.2) is 0 Å². The van der Waals surface area contributed by atoms with E-state index in [1.165, 1.54) is 36.3 Å². The predicted octanol–water partition coefficient (Wildman–Crippen LogP) is 3.56. The van der Waals surface area contributed by atoms with Gasteiger partial charge in [0.25, 0.3) is 0 Å². The summed E-state index contributed by atoms with van der Waals surface area (Å²) in [5.74, 6) is 0.792. The van der Waals surface area contributed by atoms with Gasteiger partial charge in [0.2, 0.25) is 0 Å². The van der Waals surface area contributed by atoms with Crippen LogP contribution in [-0.4, -0.2) is 9.78 Å². The maximum atomic E-state index is 6.23. The van der Waals surface area contributed by atoms with Crippen LogP contribution in [-0.2, 0) is 12.5 Å². The zero-order chi connectivity index (χ0) is 12.8. The molecular weight excluding hydrogens is 242 g/mol. The van der Waals surface area contributed by atoms with Crippen LogP contribution >= 0.6 is 11.3 Å². The Morgan fingerprint density at radius 1 is 1.39 bits per heavy atom. The molecule has 0 amide bonds. The molecule has 0 radical (unpaired) electrons. The summed E-state index contributed by atoms with van der Waals surface area (Å²) in [5, 5.41) is 6.82. The van der Waals surface area contributed by atoms with Gasteiger partial charge < -0.3 is 5.73 Å². The van der Waals surface area contributed by atoms with Crippen molar-refractivity contribution in [3.05, 3.63) is 23.2 Å². The standard InChI is InChI=1S/C14H19N3S/c1-14(7-3-4-8-14)12-11(10-6-5-9-18-10)13(15)17(2)16-12/h5-6,9H,3-4,7-8,15H2,1-2H3. The van der Waals surface area contributed by atoms with Crippen LogP contribution in [0.25, 0.3) is 10.4 Å². The molecule has 2 aromatic rings. The van der Waals surface area contributed by atoms with Gasteiger partial charge in [-0.1, -0.05) is 25.8 Å². The lowest BCUT2D eigenvalue weighted by Crippen LogP contribution is -2.18. The van der Waals surface area contributed by atoms with Gasteiger partial charge in [-0.05, 0) is 24.3 Å². The molecule has 3 rings (SSSR count). The predicted molar refractivity (Wildman–Crippen MR) is 76.8 cm³/mol. The number of aromatic nitrogens is 2. The SMILES string of the molecule is Cn1nc(C2(C)CCCC2)c(-c2cccs2)c1N. The van der Waals surface area contributed by atoms with Gasteiger partial charge in [-0.25, -0.2) is 0 Å². The zero-order valence-corrected chi connectivity index (χ0v) is 11.8. The molecule has 18 heavy (non-hydrogen) atoms. The summed E-state index contributed by atoms with van der Waals surface area (Å²) in [5.41, 5.74) is 8.79. The molecule has 1 fully saturated rings. The molecule has 0 saturated heterocycles. The molecule has 2 N–H and O–H groups in total. The van der Waals surface area contributed by atoms with Gasteiger partial charge in [0.05, 0.1) is 11.3 Å². The van der Waals surface area contributed by atoms with Crippen LogP contribution in [0.2, 0.25) is 0 Å². The first-order valence-electron chi connectivity index (χ1n) is 6.49. The van der Waals surface area contributed by atoms with Crippen LogP contribution in [0.15, 0.2) is 17.5 Å². The summed E-state index contributed by atoms with van der Waals surface area (Å²) >= 11 is 1.74. The summed E-state index contributed by atoms with van der Waals surface area (Å²) in [4.78, 5) is 1.24. The summed E-state index contributed by atoms with van der Waals surface area (Å²) < 4.78 is 1.83. The first-order valence-corrected chi connectivity index (χ1v) is 7.37. The van der Waals surface area contributed by atoms with E-state index in [0.29, 0.717) is 0 Å². The third kappa shape index (κ3) is 1.67. The Hall–Kier alpha value is -1.29. The maximum Gasteiger partial charge on any atom is 0.130 e. The monoisotopic (exact) mass is 261 g/mol. The minimum atomic E-state index is 0.203. The molecule has 3 nitrogen and oxygen atoms in total. The molecule has 2 aromatic heterocycles. The van der Waals surface area contributed by atoms with E-state index in [-0.39, 0.29) is 5.41 Å². The number of nitrogen functional groups attached to an aromatic ring is 1. The Morgan fingerprint density at radius 2 is 2.11 bits per heavy atom. The smallest absolute Gasteiger partial charge is 0.130 e. The normalized spacial score (nSPS) is 18.3. The van der Waals surface area contributed by atoms with Crippen LogP contribution in [0, 0.1) is 0 Å². The molecule has 0 aliphatic heterocycles. The molecule has 0 bridgehead atoms. The Bertz CT molecular complexity index is 548. The molecule has 1 saturated carbocycles. The summed E-state index contributed by atoms with van der Waals surface area (Å²) in [6, 6.07) is 4.22. The highest BCUT2D eigenvalue weighted by Crippen LogP contribution is 2.46. The van der Waals surface area contributed by atoms with Crippen molar-refractivity contribution < 1.29 is 0 Å². The Morgan fingerprint density at radius 3 is 2.72 bits per heavy atom. The number of nitrogens with zero attached hydrogens (tertiary/aromatic N) is 2. The number of thiophene rings is 1. The first-order chi connectivity index (χ1) is 8.62. The van der Waals surface area contributed by atoms with Crippen LogP contribution < -0.4 is 5.73 Å². The lowest BCUT2D eigenvalue weighted by Gasteiger charge is -2.22. The first kappa shape index (κ1) is 11.8. The molecule has 96 valence electrons. The van der Waals surface area contributed by atoms with Crippen LogP contribution in [0.4, 0.5) is 5.82 Å². The number of nitrogens with two attached hydrogens (primary N) is 1. The average Bonchev–Trinajstić information content (AvgIpc) is 3.03. The highest BCUT2D eigenvalue weighted by atomic mass is 32.1. The van der Waals surface area contributed by atoms with E-state index < -0.39 is 0 Å². The van der Waals surface area contributed by atoms with Gasteiger partial charge in [-0.15, -0.1) is 11.3 Å². The molecular formula is C14H19N3S. The average molecular weight is 261 g/mol. The lowest BCUT2D eigenvalue weighted by molar-refractivity contribution is 0.469. The van der Waals surface area contributed by atoms with E-state index in [4.69, 9.17) is 10.8 Å². The second kappa shape index (κ2) is 4.12. The molecule has 0 unspecified atom stereocenters. The van der Waals surface area contributed by atoms with E-state index >= 15 is 0 Å². The Balaban J connectivity index is 2.18. The van der Waals surface area contributed by atoms with Gasteiger partial charge in [-0.2, -0.15) is 5.10 Å². The zero-order valence-electron chi connectivity index (χ0n) is 10.9. The van der Waals surface area contributed by atoms with Gasteiger partial charge >= 0.3 is 0 Å². The largest absolute Gasteiger partial charge is 0.383 e. The third-order valence-corrected chi connectivity index (χ3v) is 5.03. The topological polar surface area (TPSA) is 43.8 Å². The van der Waals surface area contributed by atoms with Crippen LogP contribution in [0.1, 0.15) is 38.3 Å². The van der Waals surface area contributed by atoms with Gasteiger partial charge in [-0.3, -0.25) is 4.68 Å². The maximum absolute atomic E-state index is 6.23. The number of aryl methyl sites for hydroxylation is 1. The number of hydrogen-bond acceptors (Lipinski definition) is 3. The molecule has 2 heterocycles. The van der Waals surface area contributed by atoms with E-state index in [0.717, 1.165) is 11.4 Å². The fourth-order valence-corrected chi connectivity index (χ4v) is 3.80. The van der Waals surface area contributed by atoms with Crippen molar-refractivity contribution in [1.29, 1.82) is 0 Å². The summed E-state index contributed by atoms with van der Waals surface area (Å²) in [6.45, 7) is 2.33. The van der Waals surface area contributed by atoms with Crippen molar-refractivity contribution >= 4 is 17.2 Å². The van der Waals surface area contributed by atoms with E-state index in [1.807, 2.05) is 11.7 Å². The van der Waals surface area contributed by atoms with Crippen molar-refractivity contribution in [1.82, 2.24) is 9.78 Å². The van der Waals surface area contributed by atoms with E-state index in [2.05, 4.69) is 24.4 Å². The fourth-order valence-electron chi connectivity index (χ4n) is 3.02. The number of hydrogen-bond donors (Lipinski definition) is 1. The van der Waals surface area contributed by atoms with Crippen LogP contribution in [0.3, 0.4) is 0 Å².